The van der Waals surface area contributed by atoms with Gasteiger partial charge in [0.15, 0.2) is 5.78 Å². The van der Waals surface area contributed by atoms with Crippen LogP contribution in [0.5, 0.6) is 5.75 Å². The Morgan fingerprint density at radius 1 is 1.47 bits per heavy atom. The van der Waals surface area contributed by atoms with Crippen molar-refractivity contribution in [3.8, 4) is 5.75 Å². The van der Waals surface area contributed by atoms with Crippen molar-refractivity contribution in [1.29, 1.82) is 0 Å². The number of benzene rings is 1. The molecule has 0 heterocycles. The second-order valence-corrected chi connectivity index (χ2v) is 4.89. The molecule has 1 atom stereocenters. The lowest BCUT2D eigenvalue weighted by Crippen LogP contribution is -2.11. The topological polar surface area (TPSA) is 43.4 Å². The highest BCUT2D eigenvalue weighted by molar-refractivity contribution is 5.94. The summed E-state index contributed by atoms with van der Waals surface area (Å²) in [6.45, 7) is 1.72. The Morgan fingerprint density at radius 3 is 2.84 bits per heavy atom. The highest BCUT2D eigenvalue weighted by Gasteiger charge is 2.23. The molecule has 1 aromatic rings. The predicted octanol–water partition coefficient (Wildman–Crippen LogP) is 3.17. The summed E-state index contributed by atoms with van der Waals surface area (Å²) in [6, 6.07) is 4.22. The van der Waals surface area contributed by atoms with Crippen LogP contribution in [0.25, 0.3) is 0 Å². The van der Waals surface area contributed by atoms with E-state index in [4.69, 9.17) is 4.74 Å². The van der Waals surface area contributed by atoms with E-state index in [1.807, 2.05) is 0 Å². The first-order chi connectivity index (χ1) is 9.08. The van der Waals surface area contributed by atoms with Crippen molar-refractivity contribution in [2.24, 2.45) is 5.92 Å². The Bertz CT molecular complexity index is 496. The van der Waals surface area contributed by atoms with Gasteiger partial charge in [-0.25, -0.2) is 4.39 Å². The number of hydrogen-bond acceptors (Lipinski definition) is 3. The Kier molecular flexibility index (Phi) is 4.30. The maximum absolute atomic E-state index is 13.5. The van der Waals surface area contributed by atoms with Crippen LogP contribution >= 0.6 is 0 Å². The highest BCUT2D eigenvalue weighted by Crippen LogP contribution is 2.25. The molecule has 0 saturated heterocycles. The maximum Gasteiger partial charge on any atom is 0.162 e. The molecule has 1 aliphatic carbocycles. The number of ketones is 2. The number of carbonyl (C=O) groups excluding carboxylic acids is 2. The van der Waals surface area contributed by atoms with Crippen LogP contribution in [0.2, 0.25) is 0 Å². The van der Waals surface area contributed by atoms with Crippen molar-refractivity contribution in [2.75, 3.05) is 6.61 Å². The van der Waals surface area contributed by atoms with Crippen LogP contribution in [0.1, 0.15) is 43.0 Å². The summed E-state index contributed by atoms with van der Waals surface area (Å²) in [7, 11) is 0. The average molecular weight is 264 g/mol. The fraction of sp³-hybridized carbons (Fsp3) is 0.467. The quantitative estimate of drug-likeness (QED) is 0.767. The van der Waals surface area contributed by atoms with Gasteiger partial charge in [-0.2, -0.15) is 0 Å². The second-order valence-electron chi connectivity index (χ2n) is 4.89. The van der Waals surface area contributed by atoms with E-state index >= 15 is 0 Å². The van der Waals surface area contributed by atoms with Gasteiger partial charge >= 0.3 is 0 Å². The van der Waals surface area contributed by atoms with Gasteiger partial charge in [0.2, 0.25) is 0 Å². The molecule has 1 saturated carbocycles. The Labute approximate surface area is 111 Å². The molecule has 1 aliphatic rings. The Hall–Kier alpha value is -1.71. The van der Waals surface area contributed by atoms with Crippen LogP contribution in [-0.4, -0.2) is 18.2 Å². The molecule has 19 heavy (non-hydrogen) atoms. The summed E-state index contributed by atoms with van der Waals surface area (Å²) < 4.78 is 19.0. The van der Waals surface area contributed by atoms with Gasteiger partial charge in [-0.15, -0.1) is 0 Å². The van der Waals surface area contributed by atoms with Crippen molar-refractivity contribution in [2.45, 2.75) is 32.6 Å². The van der Waals surface area contributed by atoms with Gasteiger partial charge in [-0.1, -0.05) is 0 Å². The van der Waals surface area contributed by atoms with Gasteiger partial charge in [0.05, 0.1) is 12.2 Å². The van der Waals surface area contributed by atoms with Gasteiger partial charge in [-0.3, -0.25) is 9.59 Å². The molecule has 0 amide bonds. The molecule has 2 rings (SSSR count). The van der Waals surface area contributed by atoms with Gasteiger partial charge in [0.1, 0.15) is 17.3 Å². The smallest absolute Gasteiger partial charge is 0.162 e. The maximum atomic E-state index is 13.5. The summed E-state index contributed by atoms with van der Waals surface area (Å²) in [5.41, 5.74) is 0.0679. The fourth-order valence-corrected chi connectivity index (χ4v) is 2.38. The minimum atomic E-state index is -0.568. The Balaban J connectivity index is 1.88. The first-order valence-electron chi connectivity index (χ1n) is 6.54. The highest BCUT2D eigenvalue weighted by atomic mass is 19.1. The van der Waals surface area contributed by atoms with Crippen LogP contribution in [-0.2, 0) is 4.79 Å². The summed E-state index contributed by atoms with van der Waals surface area (Å²) >= 11 is 0. The zero-order valence-electron chi connectivity index (χ0n) is 10.9. The lowest BCUT2D eigenvalue weighted by molar-refractivity contribution is -0.121. The number of carbonyl (C=O) groups is 2. The van der Waals surface area contributed by atoms with Crippen LogP contribution in [0.15, 0.2) is 18.2 Å². The van der Waals surface area contributed by atoms with Crippen molar-refractivity contribution in [3.05, 3.63) is 29.6 Å². The zero-order chi connectivity index (χ0) is 13.8. The summed E-state index contributed by atoms with van der Waals surface area (Å²) in [4.78, 5) is 22.5. The number of halogens is 1. The third-order valence-electron chi connectivity index (χ3n) is 3.49. The molecule has 102 valence electrons. The molecule has 3 nitrogen and oxygen atoms in total. The minimum absolute atomic E-state index is 0.0679. The van der Waals surface area contributed by atoms with E-state index in [9.17, 15) is 14.0 Å². The number of rotatable bonds is 5. The fourth-order valence-electron chi connectivity index (χ4n) is 2.38. The van der Waals surface area contributed by atoms with E-state index in [2.05, 4.69) is 0 Å². The molecular formula is C15H17FO3. The predicted molar refractivity (Wildman–Crippen MR) is 68.9 cm³/mol. The van der Waals surface area contributed by atoms with Crippen molar-refractivity contribution >= 4 is 11.6 Å². The van der Waals surface area contributed by atoms with Crippen LogP contribution in [0, 0.1) is 11.7 Å². The average Bonchev–Trinajstić information content (AvgIpc) is 2.75. The largest absolute Gasteiger partial charge is 0.493 e. The normalized spacial score (nSPS) is 18.6. The standard InChI is InChI=1S/C15H17FO3/c1-10(17)13-6-5-12(9-14(13)16)19-8-7-11-3-2-4-15(11)18/h5-6,9,11H,2-4,7-8H2,1H3. The number of ether oxygens (including phenoxy) is 1. The molecule has 1 fully saturated rings. The van der Waals surface area contributed by atoms with Crippen molar-refractivity contribution in [3.63, 3.8) is 0 Å². The van der Waals surface area contributed by atoms with Crippen LogP contribution < -0.4 is 4.74 Å². The third-order valence-corrected chi connectivity index (χ3v) is 3.49. The molecule has 0 aliphatic heterocycles. The molecule has 0 spiro atoms. The number of Topliss-reactive ketones (excluding diaryl/α,β-unsaturated/α-hetero) is 2. The molecule has 4 heteroatoms. The lowest BCUT2D eigenvalue weighted by Gasteiger charge is -2.10. The van der Waals surface area contributed by atoms with E-state index in [-0.39, 0.29) is 17.3 Å². The van der Waals surface area contributed by atoms with E-state index in [0.29, 0.717) is 31.0 Å². The molecule has 0 N–H and O–H groups in total. The van der Waals surface area contributed by atoms with Gasteiger partial charge in [-0.05, 0) is 38.3 Å². The van der Waals surface area contributed by atoms with Crippen LogP contribution in [0.4, 0.5) is 4.39 Å². The van der Waals surface area contributed by atoms with E-state index in [1.165, 1.54) is 19.1 Å². The monoisotopic (exact) mass is 264 g/mol. The molecule has 0 aromatic heterocycles. The summed E-state index contributed by atoms with van der Waals surface area (Å²) in [5, 5.41) is 0. The third kappa shape index (κ3) is 3.40. The van der Waals surface area contributed by atoms with E-state index < -0.39 is 5.82 Å². The first kappa shape index (κ1) is 13.7. The molecule has 0 radical (unpaired) electrons. The molecule has 1 unspecified atom stereocenters. The molecule has 1 aromatic carbocycles. The van der Waals surface area contributed by atoms with Gasteiger partial charge in [0, 0.05) is 18.4 Å². The SMILES string of the molecule is CC(=O)c1ccc(OCCC2CCCC2=O)cc1F. The lowest BCUT2D eigenvalue weighted by atomic mass is 10.0. The number of hydrogen-bond donors (Lipinski definition) is 0. The van der Waals surface area contributed by atoms with E-state index in [0.717, 1.165) is 12.8 Å². The van der Waals surface area contributed by atoms with Gasteiger partial charge in [0.25, 0.3) is 0 Å². The molecule has 0 bridgehead atoms. The Morgan fingerprint density at radius 2 is 2.26 bits per heavy atom. The van der Waals surface area contributed by atoms with Crippen molar-refractivity contribution in [1.82, 2.24) is 0 Å². The zero-order valence-corrected chi connectivity index (χ0v) is 10.9. The van der Waals surface area contributed by atoms with Crippen molar-refractivity contribution < 1.29 is 18.7 Å². The minimum Gasteiger partial charge on any atom is -0.493 e. The molecular weight excluding hydrogens is 247 g/mol. The van der Waals surface area contributed by atoms with E-state index in [1.54, 1.807) is 6.07 Å². The summed E-state index contributed by atoms with van der Waals surface area (Å²) in [5.74, 6) is -0.0708. The van der Waals surface area contributed by atoms with Gasteiger partial charge < -0.3 is 4.74 Å². The summed E-state index contributed by atoms with van der Waals surface area (Å²) in [6.07, 6.45) is 3.24. The second kappa shape index (κ2) is 5.95. The first-order valence-corrected chi connectivity index (χ1v) is 6.54. The van der Waals surface area contributed by atoms with Crippen LogP contribution in [0.3, 0.4) is 0 Å².